The standard InChI is InChI=1S/C12H20BrN3O/c1-4-7-10(17-6-3)12-15-8-9(13)11(16-12)14-5-2/h8,10H,4-7H2,1-3H3,(H,14,15,16). The Morgan fingerprint density at radius 3 is 2.76 bits per heavy atom. The second kappa shape index (κ2) is 7.61. The Labute approximate surface area is 111 Å². The second-order valence-corrected chi connectivity index (χ2v) is 4.54. The molecule has 1 rings (SSSR count). The van der Waals surface area contributed by atoms with Crippen molar-refractivity contribution in [1.82, 2.24) is 9.97 Å². The third-order valence-electron chi connectivity index (χ3n) is 2.31. The van der Waals surface area contributed by atoms with Gasteiger partial charge >= 0.3 is 0 Å². The van der Waals surface area contributed by atoms with Crippen LogP contribution in [0, 0.1) is 0 Å². The Kier molecular flexibility index (Phi) is 6.44. The first-order valence-electron chi connectivity index (χ1n) is 6.10. The van der Waals surface area contributed by atoms with Gasteiger partial charge < -0.3 is 10.1 Å². The summed E-state index contributed by atoms with van der Waals surface area (Å²) in [5.41, 5.74) is 0. The van der Waals surface area contributed by atoms with Crippen molar-refractivity contribution in [1.29, 1.82) is 0 Å². The quantitative estimate of drug-likeness (QED) is 0.836. The van der Waals surface area contributed by atoms with E-state index in [-0.39, 0.29) is 6.10 Å². The van der Waals surface area contributed by atoms with Crippen LogP contribution in [0.4, 0.5) is 5.82 Å². The zero-order valence-corrected chi connectivity index (χ0v) is 12.2. The van der Waals surface area contributed by atoms with E-state index in [4.69, 9.17) is 4.74 Å². The minimum atomic E-state index is -0.00416. The molecule has 0 radical (unpaired) electrons. The number of hydrogen-bond acceptors (Lipinski definition) is 4. The Hall–Kier alpha value is -0.680. The summed E-state index contributed by atoms with van der Waals surface area (Å²) < 4.78 is 6.56. The first kappa shape index (κ1) is 14.4. The lowest BCUT2D eigenvalue weighted by molar-refractivity contribution is 0.0494. The average molecular weight is 302 g/mol. The van der Waals surface area contributed by atoms with Gasteiger partial charge in [-0.25, -0.2) is 9.97 Å². The summed E-state index contributed by atoms with van der Waals surface area (Å²) in [6.45, 7) is 7.69. The molecule has 0 amide bonds. The van der Waals surface area contributed by atoms with Gasteiger partial charge in [0.25, 0.3) is 0 Å². The average Bonchev–Trinajstić information content (AvgIpc) is 2.32. The van der Waals surface area contributed by atoms with E-state index in [0.717, 1.165) is 35.5 Å². The first-order valence-corrected chi connectivity index (χ1v) is 6.90. The molecule has 1 aromatic rings. The van der Waals surface area contributed by atoms with Gasteiger partial charge in [0, 0.05) is 19.3 Å². The second-order valence-electron chi connectivity index (χ2n) is 3.69. The zero-order valence-electron chi connectivity index (χ0n) is 10.7. The maximum absolute atomic E-state index is 5.67. The molecule has 0 aliphatic rings. The molecule has 17 heavy (non-hydrogen) atoms. The van der Waals surface area contributed by atoms with Gasteiger partial charge in [-0.2, -0.15) is 0 Å². The summed E-state index contributed by atoms with van der Waals surface area (Å²) >= 11 is 3.43. The maximum atomic E-state index is 5.67. The van der Waals surface area contributed by atoms with Gasteiger partial charge in [0.2, 0.25) is 0 Å². The summed E-state index contributed by atoms with van der Waals surface area (Å²) in [5, 5.41) is 3.20. The van der Waals surface area contributed by atoms with E-state index in [0.29, 0.717) is 6.61 Å². The number of nitrogens with zero attached hydrogens (tertiary/aromatic N) is 2. The van der Waals surface area contributed by atoms with E-state index in [1.807, 2.05) is 13.8 Å². The van der Waals surface area contributed by atoms with Crippen molar-refractivity contribution in [2.45, 2.75) is 39.7 Å². The largest absolute Gasteiger partial charge is 0.371 e. The molecule has 0 saturated carbocycles. The minimum absolute atomic E-state index is 0.00416. The molecule has 1 heterocycles. The van der Waals surface area contributed by atoms with Crippen LogP contribution in [0.15, 0.2) is 10.7 Å². The molecule has 96 valence electrons. The van der Waals surface area contributed by atoms with E-state index in [9.17, 15) is 0 Å². The van der Waals surface area contributed by atoms with Gasteiger partial charge in [-0.15, -0.1) is 0 Å². The monoisotopic (exact) mass is 301 g/mol. The van der Waals surface area contributed by atoms with Crippen molar-refractivity contribution < 1.29 is 4.74 Å². The van der Waals surface area contributed by atoms with Crippen LogP contribution in [0.25, 0.3) is 0 Å². The van der Waals surface area contributed by atoms with E-state index in [1.54, 1.807) is 6.20 Å². The van der Waals surface area contributed by atoms with Crippen LogP contribution < -0.4 is 5.32 Å². The molecule has 0 aromatic carbocycles. The smallest absolute Gasteiger partial charge is 0.159 e. The highest BCUT2D eigenvalue weighted by Gasteiger charge is 2.15. The molecule has 0 bridgehead atoms. The van der Waals surface area contributed by atoms with Crippen LogP contribution in [-0.4, -0.2) is 23.1 Å². The lowest BCUT2D eigenvalue weighted by atomic mass is 10.2. The molecule has 1 N–H and O–H groups in total. The minimum Gasteiger partial charge on any atom is -0.371 e. The molecule has 1 atom stereocenters. The lowest BCUT2D eigenvalue weighted by Gasteiger charge is -2.16. The summed E-state index contributed by atoms with van der Waals surface area (Å²) in [7, 11) is 0. The highest BCUT2D eigenvalue weighted by atomic mass is 79.9. The molecule has 4 nitrogen and oxygen atoms in total. The lowest BCUT2D eigenvalue weighted by Crippen LogP contribution is -2.11. The molecule has 0 fully saturated rings. The molecule has 1 unspecified atom stereocenters. The van der Waals surface area contributed by atoms with Gasteiger partial charge in [0.15, 0.2) is 5.82 Å². The van der Waals surface area contributed by atoms with Gasteiger partial charge in [-0.05, 0) is 36.2 Å². The molecular weight excluding hydrogens is 282 g/mol. The molecule has 5 heteroatoms. The zero-order chi connectivity index (χ0) is 12.7. The Morgan fingerprint density at radius 1 is 1.41 bits per heavy atom. The van der Waals surface area contributed by atoms with Crippen molar-refractivity contribution in [3.05, 3.63) is 16.5 Å². The number of halogens is 1. The van der Waals surface area contributed by atoms with E-state index in [1.165, 1.54) is 0 Å². The maximum Gasteiger partial charge on any atom is 0.159 e. The van der Waals surface area contributed by atoms with Crippen LogP contribution in [0.1, 0.15) is 45.5 Å². The van der Waals surface area contributed by atoms with Crippen LogP contribution in [-0.2, 0) is 4.74 Å². The number of rotatable bonds is 7. The fourth-order valence-corrected chi connectivity index (χ4v) is 1.91. The summed E-state index contributed by atoms with van der Waals surface area (Å²) in [4.78, 5) is 8.84. The molecular formula is C12H20BrN3O. The van der Waals surface area contributed by atoms with Gasteiger partial charge in [0.05, 0.1) is 4.47 Å². The number of anilines is 1. The fourth-order valence-electron chi connectivity index (χ4n) is 1.58. The predicted molar refractivity (Wildman–Crippen MR) is 73.2 cm³/mol. The van der Waals surface area contributed by atoms with Crippen molar-refractivity contribution in [3.63, 3.8) is 0 Å². The van der Waals surface area contributed by atoms with E-state index < -0.39 is 0 Å². The Bertz CT molecular complexity index is 341. The molecule has 0 spiro atoms. The van der Waals surface area contributed by atoms with Crippen LogP contribution in [0.5, 0.6) is 0 Å². The molecule has 0 aliphatic heterocycles. The molecule has 1 aromatic heterocycles. The van der Waals surface area contributed by atoms with Crippen molar-refractivity contribution in [2.24, 2.45) is 0 Å². The third-order valence-corrected chi connectivity index (χ3v) is 2.89. The number of nitrogens with one attached hydrogen (secondary N) is 1. The highest BCUT2D eigenvalue weighted by molar-refractivity contribution is 9.10. The number of aromatic nitrogens is 2. The SMILES string of the molecule is CCCC(OCC)c1ncc(Br)c(NCC)n1. The number of ether oxygens (including phenoxy) is 1. The summed E-state index contributed by atoms with van der Waals surface area (Å²) in [6, 6.07) is 0. The van der Waals surface area contributed by atoms with Crippen molar-refractivity contribution >= 4 is 21.7 Å². The molecule has 0 saturated heterocycles. The number of hydrogen-bond donors (Lipinski definition) is 1. The van der Waals surface area contributed by atoms with Crippen LogP contribution in [0.2, 0.25) is 0 Å². The van der Waals surface area contributed by atoms with Gasteiger partial charge in [-0.1, -0.05) is 13.3 Å². The van der Waals surface area contributed by atoms with Crippen LogP contribution in [0.3, 0.4) is 0 Å². The third kappa shape index (κ3) is 4.24. The predicted octanol–water partition coefficient (Wildman–Crippen LogP) is 3.55. The molecule has 0 aliphatic carbocycles. The Balaban J connectivity index is 2.90. The highest BCUT2D eigenvalue weighted by Crippen LogP contribution is 2.24. The van der Waals surface area contributed by atoms with Crippen molar-refractivity contribution in [3.8, 4) is 0 Å². The van der Waals surface area contributed by atoms with Crippen molar-refractivity contribution in [2.75, 3.05) is 18.5 Å². The van der Waals surface area contributed by atoms with Gasteiger partial charge in [-0.3, -0.25) is 0 Å². The fraction of sp³-hybridized carbons (Fsp3) is 0.667. The van der Waals surface area contributed by atoms with Crippen LogP contribution >= 0.6 is 15.9 Å². The summed E-state index contributed by atoms with van der Waals surface area (Å²) in [6.07, 6.45) is 3.78. The van der Waals surface area contributed by atoms with E-state index >= 15 is 0 Å². The normalized spacial score (nSPS) is 12.5. The van der Waals surface area contributed by atoms with Gasteiger partial charge in [0.1, 0.15) is 11.9 Å². The Morgan fingerprint density at radius 2 is 2.18 bits per heavy atom. The summed E-state index contributed by atoms with van der Waals surface area (Å²) in [5.74, 6) is 1.59. The topological polar surface area (TPSA) is 47.0 Å². The van der Waals surface area contributed by atoms with E-state index in [2.05, 4.69) is 38.1 Å². The first-order chi connectivity index (χ1) is 8.22.